The van der Waals surface area contributed by atoms with Crippen LogP contribution in [-0.4, -0.2) is 47.4 Å². The van der Waals surface area contributed by atoms with Crippen molar-refractivity contribution in [3.63, 3.8) is 0 Å². The molecule has 5 N–H and O–H groups in total. The number of carbonyl (C=O) groups excluding carboxylic acids is 2. The number of nitrogens with zero attached hydrogens (tertiary/aromatic N) is 2. The molecule has 0 bridgehead atoms. The van der Waals surface area contributed by atoms with Crippen molar-refractivity contribution in [3.8, 4) is 5.75 Å². The predicted molar refractivity (Wildman–Crippen MR) is 160 cm³/mol. The van der Waals surface area contributed by atoms with Crippen molar-refractivity contribution >= 4 is 40.9 Å². The van der Waals surface area contributed by atoms with Gasteiger partial charge in [-0.15, -0.1) is 0 Å². The molecule has 2 aromatic carbocycles. The molecule has 0 unspecified atom stereocenters. The summed E-state index contributed by atoms with van der Waals surface area (Å²) in [5.41, 5.74) is 8.77. The lowest BCUT2D eigenvalue weighted by atomic mass is 10.1. The summed E-state index contributed by atoms with van der Waals surface area (Å²) in [6.07, 6.45) is 3.67. The van der Waals surface area contributed by atoms with Crippen LogP contribution >= 0.6 is 0 Å². The molecule has 1 heterocycles. The number of nitrogens with two attached hydrogens (primary N) is 1. The highest BCUT2D eigenvalue weighted by Gasteiger charge is 2.15. The predicted octanol–water partition coefficient (Wildman–Crippen LogP) is 5.73. The third-order valence-corrected chi connectivity index (χ3v) is 5.55. The van der Waals surface area contributed by atoms with Crippen molar-refractivity contribution < 1.29 is 23.8 Å². The van der Waals surface area contributed by atoms with E-state index in [0.29, 0.717) is 55.8 Å². The molecule has 0 spiro atoms. The first-order valence-electron chi connectivity index (χ1n) is 13.7. The Morgan fingerprint density at radius 2 is 1.63 bits per heavy atom. The van der Waals surface area contributed by atoms with Gasteiger partial charge in [0.15, 0.2) is 5.82 Å². The Labute approximate surface area is 241 Å². The Morgan fingerprint density at radius 1 is 0.951 bits per heavy atom. The molecule has 0 saturated carbocycles. The minimum atomic E-state index is -0.506. The Morgan fingerprint density at radius 3 is 2.32 bits per heavy atom. The van der Waals surface area contributed by atoms with E-state index in [0.717, 1.165) is 29.8 Å². The number of rotatable bonds is 14. The molecule has 11 nitrogen and oxygen atoms in total. The summed E-state index contributed by atoms with van der Waals surface area (Å²) in [5.74, 6) is 1.35. The van der Waals surface area contributed by atoms with Gasteiger partial charge in [-0.1, -0.05) is 12.1 Å². The highest BCUT2D eigenvalue weighted by atomic mass is 16.6. The molecule has 0 fully saturated rings. The van der Waals surface area contributed by atoms with Crippen molar-refractivity contribution in [1.82, 2.24) is 15.3 Å². The second-order valence-corrected chi connectivity index (χ2v) is 10.3. The summed E-state index contributed by atoms with van der Waals surface area (Å²) in [7, 11) is 0. The Balaban J connectivity index is 1.46. The molecule has 3 aromatic rings. The van der Waals surface area contributed by atoms with Crippen molar-refractivity contribution in [2.24, 2.45) is 0 Å². The van der Waals surface area contributed by atoms with E-state index in [4.69, 9.17) is 19.9 Å². The largest absolute Gasteiger partial charge is 0.494 e. The Bertz CT molecular complexity index is 1260. The number of carbonyl (C=O) groups is 2. The fraction of sp³-hybridized carbons (Fsp3) is 0.400. The lowest BCUT2D eigenvalue weighted by Crippen LogP contribution is -2.33. The number of aryl methyl sites for hydroxylation is 1. The summed E-state index contributed by atoms with van der Waals surface area (Å²) in [4.78, 5) is 32.0. The first-order chi connectivity index (χ1) is 19.6. The van der Waals surface area contributed by atoms with Gasteiger partial charge >= 0.3 is 12.1 Å². The number of hydrogen-bond donors (Lipinski definition) is 4. The van der Waals surface area contributed by atoms with Crippen LogP contribution in [0.1, 0.15) is 52.5 Å². The number of nitrogen functional groups attached to an aromatic ring is 1. The number of nitrogens with one attached hydrogen (secondary N) is 3. The van der Waals surface area contributed by atoms with Gasteiger partial charge < -0.3 is 35.9 Å². The van der Waals surface area contributed by atoms with E-state index in [-0.39, 0.29) is 5.97 Å². The van der Waals surface area contributed by atoms with Gasteiger partial charge in [0.1, 0.15) is 11.4 Å². The molecule has 3 rings (SSSR count). The second-order valence-electron chi connectivity index (χ2n) is 10.3. The van der Waals surface area contributed by atoms with Gasteiger partial charge in [0, 0.05) is 24.3 Å². The maximum atomic E-state index is 11.7. The van der Waals surface area contributed by atoms with Gasteiger partial charge in [-0.3, -0.25) is 4.79 Å². The molecule has 0 aliphatic heterocycles. The summed E-state index contributed by atoms with van der Waals surface area (Å²) in [5, 5.41) is 9.18. The number of anilines is 5. The topological polar surface area (TPSA) is 150 Å². The van der Waals surface area contributed by atoms with Crippen LogP contribution < -0.4 is 26.4 Å². The molecule has 0 aliphatic rings. The van der Waals surface area contributed by atoms with E-state index in [2.05, 4.69) is 25.9 Å². The van der Waals surface area contributed by atoms with Crippen LogP contribution in [0.25, 0.3) is 0 Å². The minimum absolute atomic E-state index is 0.217. The first-order valence-corrected chi connectivity index (χ1v) is 13.7. The standard InChI is InChI=1S/C30H40N6O5/c1-5-39-26(37)9-7-19-40-24-16-14-22(15-17-24)34-27-25(31)20-33-28(36-27)35-23-12-10-21(11-13-23)8-6-18-32-29(38)41-30(2,3)4/h10-17,20H,5-9,18-19,31H2,1-4H3,(H,32,38)(H2,33,34,35,36). The lowest BCUT2D eigenvalue weighted by molar-refractivity contribution is -0.143. The summed E-state index contributed by atoms with van der Waals surface area (Å²) in [6.45, 7) is 8.65. The Kier molecular flexibility index (Phi) is 11.6. The van der Waals surface area contributed by atoms with Gasteiger partial charge in [0.2, 0.25) is 5.95 Å². The number of aromatic nitrogens is 2. The van der Waals surface area contributed by atoms with E-state index in [1.165, 1.54) is 0 Å². The van der Waals surface area contributed by atoms with Crippen LogP contribution in [0.3, 0.4) is 0 Å². The smallest absolute Gasteiger partial charge is 0.407 e. The second kappa shape index (κ2) is 15.3. The van der Waals surface area contributed by atoms with Crippen LogP contribution in [0.4, 0.5) is 33.6 Å². The van der Waals surface area contributed by atoms with Crippen LogP contribution in [0.15, 0.2) is 54.7 Å². The third-order valence-electron chi connectivity index (χ3n) is 5.55. The molecule has 1 aromatic heterocycles. The average Bonchev–Trinajstić information content (AvgIpc) is 2.92. The van der Waals surface area contributed by atoms with Crippen molar-refractivity contribution in [2.45, 2.75) is 59.0 Å². The molecule has 0 aliphatic carbocycles. The van der Waals surface area contributed by atoms with E-state index in [9.17, 15) is 9.59 Å². The minimum Gasteiger partial charge on any atom is -0.494 e. The van der Waals surface area contributed by atoms with Gasteiger partial charge in [-0.05, 0) is 88.9 Å². The van der Waals surface area contributed by atoms with Gasteiger partial charge in [-0.2, -0.15) is 4.98 Å². The lowest BCUT2D eigenvalue weighted by Gasteiger charge is -2.19. The third kappa shape index (κ3) is 11.6. The van der Waals surface area contributed by atoms with E-state index >= 15 is 0 Å². The van der Waals surface area contributed by atoms with Crippen molar-refractivity contribution in [1.29, 1.82) is 0 Å². The number of hydrogen-bond acceptors (Lipinski definition) is 10. The Hall–Kier alpha value is -4.54. The summed E-state index contributed by atoms with van der Waals surface area (Å²) >= 11 is 0. The highest BCUT2D eigenvalue weighted by molar-refractivity contribution is 5.70. The number of benzene rings is 2. The highest BCUT2D eigenvalue weighted by Crippen LogP contribution is 2.25. The monoisotopic (exact) mass is 564 g/mol. The van der Waals surface area contributed by atoms with E-state index in [1.54, 1.807) is 13.1 Å². The molecule has 41 heavy (non-hydrogen) atoms. The number of amides is 1. The maximum Gasteiger partial charge on any atom is 0.407 e. The van der Waals surface area contributed by atoms with Crippen LogP contribution in [-0.2, 0) is 20.7 Å². The molecule has 0 atom stereocenters. The average molecular weight is 565 g/mol. The number of alkyl carbamates (subject to hydrolysis) is 1. The normalized spacial score (nSPS) is 10.9. The molecule has 0 saturated heterocycles. The SMILES string of the molecule is CCOC(=O)CCCOc1ccc(Nc2nc(Nc3ccc(CCCNC(=O)OC(C)(C)C)cc3)ncc2N)cc1. The quantitative estimate of drug-likeness (QED) is 0.141. The zero-order chi connectivity index (χ0) is 29.7. The zero-order valence-corrected chi connectivity index (χ0v) is 24.2. The maximum absolute atomic E-state index is 11.7. The van der Waals surface area contributed by atoms with E-state index < -0.39 is 11.7 Å². The summed E-state index contributed by atoms with van der Waals surface area (Å²) < 4.78 is 15.9. The zero-order valence-electron chi connectivity index (χ0n) is 24.2. The van der Waals surface area contributed by atoms with Crippen molar-refractivity contribution in [3.05, 3.63) is 60.3 Å². The number of esters is 1. The molecular formula is C30H40N6O5. The van der Waals surface area contributed by atoms with Crippen LogP contribution in [0, 0.1) is 0 Å². The summed E-state index contributed by atoms with van der Waals surface area (Å²) in [6, 6.07) is 15.3. The molecule has 1 amide bonds. The van der Waals surface area contributed by atoms with Gasteiger partial charge in [0.05, 0.1) is 25.1 Å². The molecule has 220 valence electrons. The van der Waals surface area contributed by atoms with E-state index in [1.807, 2.05) is 69.3 Å². The fourth-order valence-corrected chi connectivity index (χ4v) is 3.64. The molecule has 11 heteroatoms. The molecular weight excluding hydrogens is 524 g/mol. The van der Waals surface area contributed by atoms with Crippen LogP contribution in [0.2, 0.25) is 0 Å². The van der Waals surface area contributed by atoms with Crippen LogP contribution in [0.5, 0.6) is 5.75 Å². The van der Waals surface area contributed by atoms with Gasteiger partial charge in [0.25, 0.3) is 0 Å². The first kappa shape index (κ1) is 31.0. The van der Waals surface area contributed by atoms with Crippen molar-refractivity contribution in [2.75, 3.05) is 36.1 Å². The number of ether oxygens (including phenoxy) is 3. The fourth-order valence-electron chi connectivity index (χ4n) is 3.64. The molecule has 0 radical (unpaired) electrons. The van der Waals surface area contributed by atoms with Gasteiger partial charge in [-0.25, -0.2) is 9.78 Å².